The molecule has 2 aromatic carbocycles. The predicted octanol–water partition coefficient (Wildman–Crippen LogP) is 5.47. The fourth-order valence-electron chi connectivity index (χ4n) is 1.84. The van der Waals surface area contributed by atoms with Crippen molar-refractivity contribution in [1.29, 1.82) is 0 Å². The van der Waals surface area contributed by atoms with Crippen molar-refractivity contribution in [3.8, 4) is 5.75 Å². The molecule has 0 aliphatic heterocycles. The molecule has 0 spiro atoms. The summed E-state index contributed by atoms with van der Waals surface area (Å²) >= 11 is -0.556. The van der Waals surface area contributed by atoms with Crippen LogP contribution in [0.3, 0.4) is 0 Å². The second-order valence-corrected chi connectivity index (χ2v) is 6.85. The molecule has 0 aliphatic carbocycles. The molecular formula is C16H17Cl2NOTi. The molecule has 2 rings (SSSR count). The van der Waals surface area contributed by atoms with E-state index in [1.807, 2.05) is 48.5 Å². The molecule has 0 bridgehead atoms. The Morgan fingerprint density at radius 1 is 1.10 bits per heavy atom. The zero-order valence-corrected chi connectivity index (χ0v) is 14.8. The number of phenols is 1. The Morgan fingerprint density at radius 3 is 2.38 bits per heavy atom. The molecule has 0 amide bonds. The van der Waals surface area contributed by atoms with Crippen LogP contribution in [0.5, 0.6) is 5.75 Å². The minimum absolute atomic E-state index is 0.346. The average molecular weight is 358 g/mol. The fourth-order valence-corrected chi connectivity index (χ4v) is 1.84. The van der Waals surface area contributed by atoms with Gasteiger partial charge in [-0.05, 0) is 30.2 Å². The third-order valence-electron chi connectivity index (χ3n) is 2.78. The molecule has 2 nitrogen and oxygen atoms in total. The van der Waals surface area contributed by atoms with E-state index in [0.717, 1.165) is 29.7 Å². The van der Waals surface area contributed by atoms with Crippen molar-refractivity contribution in [3.63, 3.8) is 0 Å². The number of hydrogen-bond donors (Lipinski definition) is 1. The van der Waals surface area contributed by atoms with Crippen LogP contribution in [0.15, 0.2) is 53.5 Å². The summed E-state index contributed by atoms with van der Waals surface area (Å²) < 4.78 is 0. The van der Waals surface area contributed by atoms with Crippen LogP contribution in [0.2, 0.25) is 0 Å². The van der Waals surface area contributed by atoms with Gasteiger partial charge in [-0.2, -0.15) is 0 Å². The number of hydrogen-bond acceptors (Lipinski definition) is 2. The molecule has 2 aromatic rings. The van der Waals surface area contributed by atoms with Gasteiger partial charge in [0.2, 0.25) is 0 Å². The van der Waals surface area contributed by atoms with Gasteiger partial charge in [0.1, 0.15) is 5.75 Å². The fraction of sp³-hybridized carbons (Fsp3) is 0.188. The van der Waals surface area contributed by atoms with E-state index >= 15 is 0 Å². The molecule has 0 heterocycles. The van der Waals surface area contributed by atoms with E-state index in [0.29, 0.717) is 5.75 Å². The van der Waals surface area contributed by atoms with Gasteiger partial charge in [-0.3, -0.25) is 4.99 Å². The summed E-state index contributed by atoms with van der Waals surface area (Å²) in [6, 6.07) is 15.5. The summed E-state index contributed by atoms with van der Waals surface area (Å²) in [4.78, 5) is 4.35. The molecule has 0 radical (unpaired) electrons. The van der Waals surface area contributed by atoms with Gasteiger partial charge >= 0.3 is 35.6 Å². The molecule has 1 N–H and O–H groups in total. The Morgan fingerprint density at radius 2 is 1.76 bits per heavy atom. The quantitative estimate of drug-likeness (QED) is 0.570. The van der Waals surface area contributed by atoms with Crippen molar-refractivity contribution in [2.45, 2.75) is 19.8 Å². The molecule has 5 heteroatoms. The third kappa shape index (κ3) is 6.66. The molecular weight excluding hydrogens is 341 g/mol. The van der Waals surface area contributed by atoms with Crippen LogP contribution < -0.4 is 0 Å². The first-order valence-corrected chi connectivity index (χ1v) is 10.9. The number of benzene rings is 2. The van der Waals surface area contributed by atoms with Crippen molar-refractivity contribution in [3.05, 3.63) is 59.7 Å². The van der Waals surface area contributed by atoms with Crippen molar-refractivity contribution < 1.29 is 22.1 Å². The summed E-state index contributed by atoms with van der Waals surface area (Å²) in [5, 5.41) is 10.1. The molecule has 110 valence electrons. The number of phenolic OH excluding ortho intramolecular Hbond substituents is 1. The van der Waals surface area contributed by atoms with Crippen molar-refractivity contribution in [1.82, 2.24) is 0 Å². The normalized spacial score (nSPS) is 10.0. The molecule has 0 aliphatic rings. The molecule has 0 atom stereocenters. The van der Waals surface area contributed by atoms with E-state index < -0.39 is 17.0 Å². The number of aliphatic imine (C=N–C) groups is 1. The summed E-state index contributed by atoms with van der Waals surface area (Å²) in [5.74, 6) is 0.346. The Bertz CT molecular complexity index is 561. The molecule has 0 aromatic heterocycles. The van der Waals surface area contributed by atoms with E-state index in [2.05, 4.69) is 11.9 Å². The predicted molar refractivity (Wildman–Crippen MR) is 87.5 cm³/mol. The zero-order valence-electron chi connectivity index (χ0n) is 11.8. The maximum atomic E-state index is 10.1. The second kappa shape index (κ2) is 10.9. The Hall–Kier alpha value is -0.796. The summed E-state index contributed by atoms with van der Waals surface area (Å²) in [5.41, 5.74) is 2.64. The van der Waals surface area contributed by atoms with E-state index in [4.69, 9.17) is 18.6 Å². The van der Waals surface area contributed by atoms with Gasteiger partial charge in [0.15, 0.2) is 0 Å². The number of rotatable bonds is 4. The Labute approximate surface area is 142 Å². The summed E-state index contributed by atoms with van der Waals surface area (Å²) in [7, 11) is 9.78. The first-order valence-electron chi connectivity index (χ1n) is 6.59. The van der Waals surface area contributed by atoms with Gasteiger partial charge in [0.05, 0.1) is 5.69 Å². The monoisotopic (exact) mass is 357 g/mol. The van der Waals surface area contributed by atoms with Crippen LogP contribution in [-0.2, 0) is 23.5 Å². The molecule has 0 saturated heterocycles. The van der Waals surface area contributed by atoms with E-state index in [-0.39, 0.29) is 0 Å². The van der Waals surface area contributed by atoms with Crippen LogP contribution in [0.25, 0.3) is 0 Å². The summed E-state index contributed by atoms with van der Waals surface area (Å²) in [6.45, 7) is 2.10. The van der Waals surface area contributed by atoms with Gasteiger partial charge in [0, 0.05) is 11.8 Å². The number of nitrogens with zero attached hydrogens (tertiary/aromatic N) is 1. The van der Waals surface area contributed by atoms with E-state index in [1.54, 1.807) is 6.21 Å². The van der Waals surface area contributed by atoms with Crippen LogP contribution in [0.4, 0.5) is 5.69 Å². The van der Waals surface area contributed by atoms with Crippen molar-refractivity contribution in [2.24, 2.45) is 4.99 Å². The standard InChI is InChI=1S/C16H17NO.2ClH.Ti/c1-2-7-13-8-6-9-14(16(13)18)12-17-15-10-4-3-5-11-15;;;/h3-6,8-12,18H,2,7H2,1H3;2*1H;/q;;;+2/p-2. The first-order chi connectivity index (χ1) is 10.2. The van der Waals surface area contributed by atoms with Crippen molar-refractivity contribution in [2.75, 3.05) is 0 Å². The van der Waals surface area contributed by atoms with Crippen molar-refractivity contribution >= 4 is 30.5 Å². The molecule has 21 heavy (non-hydrogen) atoms. The number of aryl methyl sites for hydroxylation is 1. The summed E-state index contributed by atoms with van der Waals surface area (Å²) in [6.07, 6.45) is 3.62. The zero-order chi connectivity index (χ0) is 15.5. The van der Waals surface area contributed by atoms with Crippen LogP contribution in [0.1, 0.15) is 24.5 Å². The average Bonchev–Trinajstić information content (AvgIpc) is 2.50. The Kier molecular flexibility index (Phi) is 9.44. The number of halogens is 2. The van der Waals surface area contributed by atoms with Crippen LogP contribution in [-0.4, -0.2) is 11.3 Å². The Balaban J connectivity index is 0.000000677. The minimum atomic E-state index is -0.556. The van der Waals surface area contributed by atoms with E-state index in [1.165, 1.54) is 0 Å². The van der Waals surface area contributed by atoms with Gasteiger partial charge in [-0.1, -0.05) is 43.7 Å². The maximum absolute atomic E-state index is 10.1. The van der Waals surface area contributed by atoms with Crippen LogP contribution in [0, 0.1) is 0 Å². The van der Waals surface area contributed by atoms with Gasteiger partial charge in [0.25, 0.3) is 0 Å². The molecule has 0 saturated carbocycles. The second-order valence-electron chi connectivity index (χ2n) is 4.27. The van der Waals surface area contributed by atoms with Gasteiger partial charge in [-0.25, -0.2) is 0 Å². The first kappa shape index (κ1) is 18.3. The molecule has 0 fully saturated rings. The number of aromatic hydroxyl groups is 1. The van der Waals surface area contributed by atoms with E-state index in [9.17, 15) is 5.11 Å². The third-order valence-corrected chi connectivity index (χ3v) is 2.78. The van der Waals surface area contributed by atoms with Crippen LogP contribution >= 0.6 is 18.6 Å². The number of para-hydroxylation sites is 2. The SMILES string of the molecule is CCCc1cccc(C=Nc2ccccc2)c1O.[Cl][Ti][Cl]. The van der Waals surface area contributed by atoms with Gasteiger partial charge in [-0.15, -0.1) is 0 Å². The van der Waals surface area contributed by atoms with Gasteiger partial charge < -0.3 is 5.11 Å². The molecule has 0 unspecified atom stereocenters. The topological polar surface area (TPSA) is 32.6 Å².